The predicted octanol–water partition coefficient (Wildman–Crippen LogP) is 4.98. The van der Waals surface area contributed by atoms with Crippen LogP contribution in [-0.4, -0.2) is 29.3 Å². The van der Waals surface area contributed by atoms with Crippen molar-refractivity contribution in [3.05, 3.63) is 86.8 Å². The lowest BCUT2D eigenvalue weighted by Crippen LogP contribution is -2.37. The van der Waals surface area contributed by atoms with Gasteiger partial charge in [0, 0.05) is 24.5 Å². The van der Waals surface area contributed by atoms with Crippen molar-refractivity contribution >= 4 is 39.9 Å². The van der Waals surface area contributed by atoms with Gasteiger partial charge in [-0.05, 0) is 78.3 Å². The van der Waals surface area contributed by atoms with E-state index in [1.807, 2.05) is 36.6 Å². The van der Waals surface area contributed by atoms with E-state index in [1.54, 1.807) is 17.8 Å². The number of carbonyl (C=O) groups excluding carboxylic acids is 2. The summed E-state index contributed by atoms with van der Waals surface area (Å²) in [6.07, 6.45) is 0.757. The fourth-order valence-electron chi connectivity index (χ4n) is 3.36. The number of amides is 2. The molecule has 0 fully saturated rings. The molecule has 3 rings (SSSR count). The minimum absolute atomic E-state index is 0.187. The van der Waals surface area contributed by atoms with Gasteiger partial charge in [-0.3, -0.25) is 15.0 Å². The topological polar surface area (TPSA) is 90.5 Å². The van der Waals surface area contributed by atoms with E-state index in [0.717, 1.165) is 34.6 Å². The van der Waals surface area contributed by atoms with Crippen LogP contribution in [0, 0.1) is 20.8 Å². The highest BCUT2D eigenvalue weighted by molar-refractivity contribution is 7.98. The number of anilines is 1. The minimum atomic E-state index is -0.285. The maximum atomic E-state index is 12.9. The van der Waals surface area contributed by atoms with E-state index in [2.05, 4.69) is 42.1 Å². The molecule has 0 bridgehead atoms. The highest BCUT2D eigenvalue weighted by atomic mass is 32.2. The molecule has 8 heteroatoms. The number of aliphatic hydroxyl groups excluding tert-OH is 1. The molecule has 0 spiro atoms. The zero-order chi connectivity index (χ0) is 24.5. The van der Waals surface area contributed by atoms with Gasteiger partial charge in [0.05, 0.1) is 5.56 Å². The summed E-state index contributed by atoms with van der Waals surface area (Å²) >= 11 is 3.06. The van der Waals surface area contributed by atoms with Gasteiger partial charge in [-0.1, -0.05) is 30.3 Å². The molecule has 0 atom stereocenters. The van der Waals surface area contributed by atoms with Gasteiger partial charge in [-0.25, -0.2) is 5.43 Å². The normalized spacial score (nSPS) is 10.8. The number of rotatable bonds is 11. The van der Waals surface area contributed by atoms with Crippen LogP contribution >= 0.6 is 23.1 Å². The second-order valence-electron chi connectivity index (χ2n) is 8.13. The largest absolute Gasteiger partial charge is 0.396 e. The van der Waals surface area contributed by atoms with Crippen LogP contribution in [-0.2, 0) is 12.3 Å². The maximum absolute atomic E-state index is 12.9. The van der Waals surface area contributed by atoms with Crippen molar-refractivity contribution < 1.29 is 14.7 Å². The van der Waals surface area contributed by atoms with Crippen LogP contribution in [0.1, 0.15) is 55.0 Å². The molecule has 3 aromatic rings. The van der Waals surface area contributed by atoms with Gasteiger partial charge in [0.25, 0.3) is 11.8 Å². The fourth-order valence-corrected chi connectivity index (χ4v) is 5.18. The van der Waals surface area contributed by atoms with E-state index in [1.165, 1.54) is 22.5 Å². The molecule has 1 heterocycles. The van der Waals surface area contributed by atoms with E-state index in [-0.39, 0.29) is 18.4 Å². The van der Waals surface area contributed by atoms with Crippen molar-refractivity contribution in [2.45, 2.75) is 39.5 Å². The molecular formula is C26H31N3O3S2. The molecule has 0 unspecified atom stereocenters. The number of thiophene rings is 1. The summed E-state index contributed by atoms with van der Waals surface area (Å²) in [6.45, 7) is 6.67. The summed E-state index contributed by atoms with van der Waals surface area (Å²) in [4.78, 5) is 25.8. The Balaban J connectivity index is 1.60. The SMILES string of the molecule is Cc1ccc(CNNC(=O)c2c(C)csc2NC(=O)c2cccc(CSCCCO)c2)cc1C. The first-order chi connectivity index (χ1) is 16.4. The van der Waals surface area contributed by atoms with Crippen LogP contribution in [0.15, 0.2) is 47.8 Å². The van der Waals surface area contributed by atoms with Crippen LogP contribution < -0.4 is 16.2 Å². The number of aliphatic hydroxyl groups is 1. The number of benzene rings is 2. The summed E-state index contributed by atoms with van der Waals surface area (Å²) in [6, 6.07) is 13.7. The molecule has 2 aromatic carbocycles. The Hall–Kier alpha value is -2.65. The lowest BCUT2D eigenvalue weighted by molar-refractivity contribution is 0.0933. The third-order valence-corrected chi connectivity index (χ3v) is 7.53. The lowest BCUT2D eigenvalue weighted by Gasteiger charge is -2.11. The number of aryl methyl sites for hydroxylation is 3. The highest BCUT2D eigenvalue weighted by Crippen LogP contribution is 2.28. The zero-order valence-corrected chi connectivity index (χ0v) is 21.4. The maximum Gasteiger partial charge on any atom is 0.268 e. The summed E-state index contributed by atoms with van der Waals surface area (Å²) < 4.78 is 0. The van der Waals surface area contributed by atoms with Crippen molar-refractivity contribution in [3.63, 3.8) is 0 Å². The smallest absolute Gasteiger partial charge is 0.268 e. The Labute approximate surface area is 209 Å². The van der Waals surface area contributed by atoms with Crippen molar-refractivity contribution in [1.82, 2.24) is 10.9 Å². The monoisotopic (exact) mass is 497 g/mol. The molecule has 0 aliphatic heterocycles. The molecule has 2 amide bonds. The highest BCUT2D eigenvalue weighted by Gasteiger charge is 2.19. The van der Waals surface area contributed by atoms with Gasteiger partial charge >= 0.3 is 0 Å². The third kappa shape index (κ3) is 7.17. The first kappa shape index (κ1) is 26.0. The molecule has 180 valence electrons. The summed E-state index contributed by atoms with van der Waals surface area (Å²) in [5, 5.41) is 14.2. The van der Waals surface area contributed by atoms with Crippen LogP contribution in [0.25, 0.3) is 0 Å². The molecule has 0 radical (unpaired) electrons. The predicted molar refractivity (Wildman–Crippen MR) is 142 cm³/mol. The van der Waals surface area contributed by atoms with Gasteiger partial charge in [0.15, 0.2) is 0 Å². The van der Waals surface area contributed by atoms with Gasteiger partial charge in [0.2, 0.25) is 0 Å². The molecule has 6 nitrogen and oxygen atoms in total. The number of carbonyl (C=O) groups is 2. The first-order valence-corrected chi connectivity index (χ1v) is 13.2. The van der Waals surface area contributed by atoms with Gasteiger partial charge in [0.1, 0.15) is 5.00 Å². The van der Waals surface area contributed by atoms with E-state index in [0.29, 0.717) is 22.7 Å². The Kier molecular flexibility index (Phi) is 9.71. The minimum Gasteiger partial charge on any atom is -0.396 e. The van der Waals surface area contributed by atoms with E-state index >= 15 is 0 Å². The van der Waals surface area contributed by atoms with Gasteiger partial charge < -0.3 is 10.4 Å². The van der Waals surface area contributed by atoms with Crippen LogP contribution in [0.4, 0.5) is 5.00 Å². The summed E-state index contributed by atoms with van der Waals surface area (Å²) in [7, 11) is 0. The van der Waals surface area contributed by atoms with E-state index < -0.39 is 0 Å². The molecule has 34 heavy (non-hydrogen) atoms. The average molecular weight is 498 g/mol. The molecule has 1 aromatic heterocycles. The van der Waals surface area contributed by atoms with Crippen LogP contribution in [0.2, 0.25) is 0 Å². The Morgan fingerprint density at radius 2 is 1.79 bits per heavy atom. The Morgan fingerprint density at radius 1 is 0.971 bits per heavy atom. The number of hydrogen-bond donors (Lipinski definition) is 4. The molecular weight excluding hydrogens is 466 g/mol. The number of nitrogens with one attached hydrogen (secondary N) is 3. The zero-order valence-electron chi connectivity index (χ0n) is 19.7. The van der Waals surface area contributed by atoms with Crippen LogP contribution in [0.5, 0.6) is 0 Å². The van der Waals surface area contributed by atoms with E-state index in [9.17, 15) is 9.59 Å². The lowest BCUT2D eigenvalue weighted by atomic mass is 10.1. The van der Waals surface area contributed by atoms with Crippen molar-refractivity contribution in [2.24, 2.45) is 0 Å². The van der Waals surface area contributed by atoms with Gasteiger partial charge in [-0.2, -0.15) is 11.8 Å². The molecule has 0 aliphatic rings. The standard InChI is InChI=1S/C26H31N3O3S2/c1-17-8-9-20(12-18(17)2)14-27-29-25(32)23-19(3)15-34-26(23)28-24(31)22-7-4-6-21(13-22)16-33-11-5-10-30/h4,6-9,12-13,15,27,30H,5,10-11,14,16H2,1-3H3,(H,28,31)(H,29,32). The first-order valence-electron chi connectivity index (χ1n) is 11.2. The molecule has 0 aliphatic carbocycles. The average Bonchev–Trinajstić information content (AvgIpc) is 3.19. The summed E-state index contributed by atoms with van der Waals surface area (Å²) in [5.74, 6) is 1.12. The fraction of sp³-hybridized carbons (Fsp3) is 0.308. The van der Waals surface area contributed by atoms with Gasteiger partial charge in [-0.15, -0.1) is 11.3 Å². The second kappa shape index (κ2) is 12.7. The van der Waals surface area contributed by atoms with Crippen LogP contribution in [0.3, 0.4) is 0 Å². The number of thioether (sulfide) groups is 1. The Morgan fingerprint density at radius 3 is 2.56 bits per heavy atom. The quantitative estimate of drug-likeness (QED) is 0.222. The number of hydrazine groups is 1. The Bertz CT molecular complexity index is 1140. The molecule has 0 saturated heterocycles. The van der Waals surface area contributed by atoms with Crippen molar-refractivity contribution in [3.8, 4) is 0 Å². The summed E-state index contributed by atoms with van der Waals surface area (Å²) in [5.41, 5.74) is 12.1. The van der Waals surface area contributed by atoms with Crippen molar-refractivity contribution in [1.29, 1.82) is 0 Å². The van der Waals surface area contributed by atoms with Crippen molar-refractivity contribution in [2.75, 3.05) is 17.7 Å². The molecule has 0 saturated carbocycles. The molecule has 4 N–H and O–H groups in total. The number of hydrogen-bond acceptors (Lipinski definition) is 6. The van der Waals surface area contributed by atoms with E-state index in [4.69, 9.17) is 5.11 Å². The third-order valence-electron chi connectivity index (χ3n) is 5.40. The second-order valence-corrected chi connectivity index (χ2v) is 10.1.